The molecule has 0 aliphatic carbocycles. The summed E-state index contributed by atoms with van der Waals surface area (Å²) >= 11 is 0. The van der Waals surface area contributed by atoms with Crippen molar-refractivity contribution in [3.8, 4) is 5.69 Å². The van der Waals surface area contributed by atoms with Crippen molar-refractivity contribution in [3.05, 3.63) is 76.2 Å². The van der Waals surface area contributed by atoms with Crippen molar-refractivity contribution in [2.45, 2.75) is 19.5 Å². The number of benzene rings is 1. The number of hydrogen-bond donors (Lipinski definition) is 0. The molecule has 2 aromatic heterocycles. The molecule has 0 amide bonds. The zero-order valence-corrected chi connectivity index (χ0v) is 13.6. The standard InChI is InChI=1S/C18H19N5O/c1-21-18(24)10-15-12-22(8-6-17(15)20-21)11-14-2-4-16(5-3-14)23-9-7-19-13-23/h2-5,7,9-10,13H,6,8,11-12H2,1H3. The van der Waals surface area contributed by atoms with Crippen LogP contribution in [-0.2, 0) is 26.6 Å². The molecule has 1 aliphatic heterocycles. The van der Waals surface area contributed by atoms with E-state index in [0.717, 1.165) is 43.0 Å². The van der Waals surface area contributed by atoms with Gasteiger partial charge in [0.05, 0.1) is 12.0 Å². The Kier molecular flexibility index (Phi) is 3.74. The molecule has 1 aliphatic rings. The first kappa shape index (κ1) is 14.8. The molecule has 0 atom stereocenters. The fraction of sp³-hybridized carbons (Fsp3) is 0.278. The molecule has 6 heteroatoms. The van der Waals surface area contributed by atoms with Crippen LogP contribution in [0.25, 0.3) is 5.69 Å². The molecule has 1 aromatic carbocycles. The lowest BCUT2D eigenvalue weighted by Crippen LogP contribution is -2.33. The quantitative estimate of drug-likeness (QED) is 0.734. The summed E-state index contributed by atoms with van der Waals surface area (Å²) in [6, 6.07) is 10.2. The summed E-state index contributed by atoms with van der Waals surface area (Å²) in [6.07, 6.45) is 6.39. The molecule has 0 radical (unpaired) electrons. The van der Waals surface area contributed by atoms with Gasteiger partial charge in [-0.25, -0.2) is 9.67 Å². The summed E-state index contributed by atoms with van der Waals surface area (Å²) in [5, 5.41) is 4.36. The van der Waals surface area contributed by atoms with Crippen LogP contribution in [0.1, 0.15) is 16.8 Å². The highest BCUT2D eigenvalue weighted by Gasteiger charge is 2.18. The predicted octanol–water partition coefficient (Wildman–Crippen LogP) is 1.52. The van der Waals surface area contributed by atoms with Crippen molar-refractivity contribution >= 4 is 0 Å². The first-order valence-electron chi connectivity index (χ1n) is 8.05. The molecule has 0 saturated heterocycles. The molecule has 6 nitrogen and oxygen atoms in total. The van der Waals surface area contributed by atoms with Crippen LogP contribution in [0.15, 0.2) is 53.8 Å². The second-order valence-corrected chi connectivity index (χ2v) is 6.18. The molecule has 122 valence electrons. The third-order valence-electron chi connectivity index (χ3n) is 4.46. The van der Waals surface area contributed by atoms with Gasteiger partial charge < -0.3 is 4.57 Å². The molecule has 24 heavy (non-hydrogen) atoms. The van der Waals surface area contributed by atoms with E-state index in [9.17, 15) is 4.79 Å². The van der Waals surface area contributed by atoms with Crippen LogP contribution in [0.4, 0.5) is 0 Å². The third-order valence-corrected chi connectivity index (χ3v) is 4.46. The van der Waals surface area contributed by atoms with E-state index in [1.807, 2.05) is 10.8 Å². The number of hydrogen-bond acceptors (Lipinski definition) is 4. The first-order chi connectivity index (χ1) is 11.7. The smallest absolute Gasteiger partial charge is 0.266 e. The zero-order chi connectivity index (χ0) is 16.5. The van der Waals surface area contributed by atoms with Gasteiger partial charge in [0.2, 0.25) is 0 Å². The van der Waals surface area contributed by atoms with Crippen molar-refractivity contribution < 1.29 is 0 Å². The van der Waals surface area contributed by atoms with Crippen LogP contribution >= 0.6 is 0 Å². The minimum atomic E-state index is -0.0414. The van der Waals surface area contributed by atoms with Gasteiger partial charge in [0.1, 0.15) is 0 Å². The highest BCUT2D eigenvalue weighted by atomic mass is 16.1. The van der Waals surface area contributed by atoms with Crippen LogP contribution in [0.2, 0.25) is 0 Å². The van der Waals surface area contributed by atoms with Crippen molar-refractivity contribution in [3.63, 3.8) is 0 Å². The van der Waals surface area contributed by atoms with Gasteiger partial charge in [-0.15, -0.1) is 0 Å². The van der Waals surface area contributed by atoms with E-state index in [1.54, 1.807) is 25.6 Å². The molecule has 0 bridgehead atoms. The summed E-state index contributed by atoms with van der Waals surface area (Å²) in [7, 11) is 1.71. The van der Waals surface area contributed by atoms with Gasteiger partial charge in [0.25, 0.3) is 5.56 Å². The van der Waals surface area contributed by atoms with Crippen LogP contribution < -0.4 is 5.56 Å². The monoisotopic (exact) mass is 321 g/mol. The molecule has 0 unspecified atom stereocenters. The number of fused-ring (bicyclic) bond motifs is 1. The van der Waals surface area contributed by atoms with Crippen molar-refractivity contribution in [2.24, 2.45) is 7.05 Å². The van der Waals surface area contributed by atoms with Gasteiger partial charge in [-0.3, -0.25) is 9.69 Å². The maximum atomic E-state index is 11.8. The van der Waals surface area contributed by atoms with E-state index < -0.39 is 0 Å². The minimum absolute atomic E-state index is 0.0414. The van der Waals surface area contributed by atoms with Gasteiger partial charge >= 0.3 is 0 Å². The largest absolute Gasteiger partial charge is 0.306 e. The summed E-state index contributed by atoms with van der Waals surface area (Å²) in [5.41, 5.74) is 4.43. The van der Waals surface area contributed by atoms with Crippen LogP contribution in [-0.4, -0.2) is 30.8 Å². The molecular formula is C18H19N5O. The fourth-order valence-corrected chi connectivity index (χ4v) is 3.13. The van der Waals surface area contributed by atoms with Gasteiger partial charge in [0.15, 0.2) is 0 Å². The molecule has 0 fully saturated rings. The van der Waals surface area contributed by atoms with E-state index in [2.05, 4.69) is 39.2 Å². The Morgan fingerprint density at radius 1 is 1.21 bits per heavy atom. The highest BCUT2D eigenvalue weighted by molar-refractivity contribution is 5.34. The predicted molar refractivity (Wildman–Crippen MR) is 90.9 cm³/mol. The molecule has 4 rings (SSSR count). The summed E-state index contributed by atoms with van der Waals surface area (Å²) in [4.78, 5) is 18.2. The zero-order valence-electron chi connectivity index (χ0n) is 13.6. The molecular weight excluding hydrogens is 302 g/mol. The number of nitrogens with zero attached hydrogens (tertiary/aromatic N) is 5. The van der Waals surface area contributed by atoms with Gasteiger partial charge in [-0.1, -0.05) is 12.1 Å². The third kappa shape index (κ3) is 2.88. The number of aromatic nitrogens is 4. The lowest BCUT2D eigenvalue weighted by Gasteiger charge is -2.28. The van der Waals surface area contributed by atoms with E-state index in [0.29, 0.717) is 0 Å². The summed E-state index contributed by atoms with van der Waals surface area (Å²) in [5.74, 6) is 0. The number of aryl methyl sites for hydroxylation is 1. The lowest BCUT2D eigenvalue weighted by molar-refractivity contribution is 0.241. The molecule has 3 aromatic rings. The Hall–Kier alpha value is -2.73. The van der Waals surface area contributed by atoms with Crippen LogP contribution in [0.5, 0.6) is 0 Å². The van der Waals surface area contributed by atoms with Crippen molar-refractivity contribution in [1.82, 2.24) is 24.2 Å². The van der Waals surface area contributed by atoms with Crippen molar-refractivity contribution in [2.75, 3.05) is 6.54 Å². The Morgan fingerprint density at radius 3 is 2.79 bits per heavy atom. The maximum Gasteiger partial charge on any atom is 0.266 e. The van der Waals surface area contributed by atoms with Crippen LogP contribution in [0, 0.1) is 0 Å². The fourth-order valence-electron chi connectivity index (χ4n) is 3.13. The summed E-state index contributed by atoms with van der Waals surface area (Å²) < 4.78 is 3.41. The SMILES string of the molecule is Cn1nc2c(cc1=O)CN(Cc1ccc(-n3ccnc3)cc1)CC2. The molecule has 3 heterocycles. The normalized spacial score (nSPS) is 14.5. The second kappa shape index (κ2) is 6.05. The average molecular weight is 321 g/mol. The van der Waals surface area contributed by atoms with Crippen LogP contribution in [0.3, 0.4) is 0 Å². The van der Waals surface area contributed by atoms with Gasteiger partial charge in [-0.2, -0.15) is 5.10 Å². The van der Waals surface area contributed by atoms with E-state index >= 15 is 0 Å². The second-order valence-electron chi connectivity index (χ2n) is 6.18. The molecule has 0 N–H and O–H groups in total. The Balaban J connectivity index is 1.48. The Labute approximate surface area is 140 Å². The van der Waals surface area contributed by atoms with E-state index in [-0.39, 0.29) is 5.56 Å². The lowest BCUT2D eigenvalue weighted by atomic mass is 10.1. The molecule has 0 spiro atoms. The maximum absolute atomic E-state index is 11.8. The van der Waals surface area contributed by atoms with E-state index in [4.69, 9.17) is 0 Å². The van der Waals surface area contributed by atoms with E-state index in [1.165, 1.54) is 10.2 Å². The Bertz CT molecular complexity index is 896. The minimum Gasteiger partial charge on any atom is -0.306 e. The number of imidazole rings is 1. The topological polar surface area (TPSA) is 56.0 Å². The Morgan fingerprint density at radius 2 is 2.04 bits per heavy atom. The van der Waals surface area contributed by atoms with Gasteiger partial charge in [-0.05, 0) is 23.3 Å². The number of rotatable bonds is 3. The van der Waals surface area contributed by atoms with Gasteiger partial charge in [0, 0.05) is 57.3 Å². The van der Waals surface area contributed by atoms with Crippen molar-refractivity contribution in [1.29, 1.82) is 0 Å². The average Bonchev–Trinajstić information content (AvgIpc) is 3.11. The summed E-state index contributed by atoms with van der Waals surface area (Å²) in [6.45, 7) is 2.61. The first-order valence-corrected chi connectivity index (χ1v) is 8.05. The molecule has 0 saturated carbocycles. The highest BCUT2D eigenvalue weighted by Crippen LogP contribution is 2.18.